The SMILES string of the molecule is COc1cc2c(OC[C@H]3NC(=O)[C@]4(F)C[C@@H](C)C34)nccc2cc1C(N)=O. The van der Waals surface area contributed by atoms with Gasteiger partial charge in [0.2, 0.25) is 5.88 Å². The van der Waals surface area contributed by atoms with Crippen LogP contribution in [0.15, 0.2) is 24.4 Å². The molecule has 1 aromatic heterocycles. The lowest BCUT2D eigenvalue weighted by Gasteiger charge is -2.43. The van der Waals surface area contributed by atoms with E-state index < -0.39 is 29.4 Å². The van der Waals surface area contributed by atoms with Crippen LogP contribution in [0.4, 0.5) is 4.39 Å². The highest BCUT2D eigenvalue weighted by Crippen LogP contribution is 2.52. The van der Waals surface area contributed by atoms with Crippen molar-refractivity contribution in [3.8, 4) is 11.6 Å². The summed E-state index contributed by atoms with van der Waals surface area (Å²) in [5.74, 6) is -0.799. The van der Waals surface area contributed by atoms with Crippen molar-refractivity contribution in [2.45, 2.75) is 25.1 Å². The zero-order valence-corrected chi connectivity index (χ0v) is 15.0. The average molecular weight is 373 g/mol. The molecule has 4 rings (SSSR count). The molecule has 0 bridgehead atoms. The Balaban J connectivity index is 1.61. The molecule has 2 aromatic rings. The standard InChI is InChI=1S/C19H20FN3O4/c1-9-7-19(20)15(9)13(23-18(19)25)8-27-17-11-6-14(26-2)12(16(21)24)5-10(11)3-4-22-17/h3-6,9,13,15H,7-8H2,1-2H3,(H2,21,24)(H,23,25)/t9-,13-,15?,19+/m1/s1. The van der Waals surface area contributed by atoms with E-state index in [-0.39, 0.29) is 24.5 Å². The molecule has 27 heavy (non-hydrogen) atoms. The molecule has 1 unspecified atom stereocenters. The first-order chi connectivity index (χ1) is 12.8. The van der Waals surface area contributed by atoms with Gasteiger partial charge < -0.3 is 20.5 Å². The molecule has 0 spiro atoms. The van der Waals surface area contributed by atoms with Gasteiger partial charge in [0.05, 0.1) is 18.7 Å². The van der Waals surface area contributed by atoms with Crippen LogP contribution in [0.5, 0.6) is 11.6 Å². The van der Waals surface area contributed by atoms with E-state index >= 15 is 0 Å². The summed E-state index contributed by atoms with van der Waals surface area (Å²) < 4.78 is 25.7. The number of fused-ring (bicyclic) bond motifs is 2. The Bertz CT molecular complexity index is 950. The van der Waals surface area contributed by atoms with Crippen molar-refractivity contribution >= 4 is 22.6 Å². The number of alkyl halides is 1. The number of carbonyl (C=O) groups is 2. The molecule has 8 heteroatoms. The van der Waals surface area contributed by atoms with Crippen LogP contribution in [0.1, 0.15) is 23.7 Å². The number of nitrogens with zero attached hydrogens (tertiary/aromatic N) is 1. The van der Waals surface area contributed by atoms with E-state index in [4.69, 9.17) is 15.2 Å². The second-order valence-electron chi connectivity index (χ2n) is 7.21. The lowest BCUT2D eigenvalue weighted by atomic mass is 9.62. The number of pyridine rings is 1. The van der Waals surface area contributed by atoms with Gasteiger partial charge in [0.1, 0.15) is 12.4 Å². The van der Waals surface area contributed by atoms with Crippen molar-refractivity contribution in [1.29, 1.82) is 0 Å². The smallest absolute Gasteiger partial charge is 0.258 e. The number of hydrogen-bond donors (Lipinski definition) is 2. The maximum absolute atomic E-state index is 14.6. The Labute approximate surface area is 155 Å². The second-order valence-corrected chi connectivity index (χ2v) is 7.21. The average Bonchev–Trinajstić information content (AvgIpc) is 2.83. The first-order valence-electron chi connectivity index (χ1n) is 8.74. The minimum atomic E-state index is -1.78. The molecule has 0 radical (unpaired) electrons. The Morgan fingerprint density at radius 2 is 2.26 bits per heavy atom. The summed E-state index contributed by atoms with van der Waals surface area (Å²) in [6, 6.07) is 4.57. The predicted octanol–water partition coefficient (Wildman–Crippen LogP) is 1.58. The van der Waals surface area contributed by atoms with Crippen molar-refractivity contribution in [1.82, 2.24) is 10.3 Å². The fraction of sp³-hybridized carbons (Fsp3) is 0.421. The van der Waals surface area contributed by atoms with E-state index in [1.54, 1.807) is 24.4 Å². The normalized spacial score (nSPS) is 29.0. The number of methoxy groups -OCH3 is 1. The number of halogens is 1. The van der Waals surface area contributed by atoms with Crippen LogP contribution in [0.3, 0.4) is 0 Å². The van der Waals surface area contributed by atoms with Gasteiger partial charge in [-0.25, -0.2) is 9.37 Å². The minimum Gasteiger partial charge on any atom is -0.496 e. The predicted molar refractivity (Wildman–Crippen MR) is 95.3 cm³/mol. The summed E-state index contributed by atoms with van der Waals surface area (Å²) >= 11 is 0. The number of primary amides is 1. The third-order valence-corrected chi connectivity index (χ3v) is 5.60. The molecule has 1 saturated carbocycles. The molecule has 2 amide bonds. The third-order valence-electron chi connectivity index (χ3n) is 5.60. The Morgan fingerprint density at radius 1 is 1.48 bits per heavy atom. The van der Waals surface area contributed by atoms with Gasteiger partial charge in [-0.2, -0.15) is 0 Å². The lowest BCUT2D eigenvalue weighted by Crippen LogP contribution is -2.53. The molecule has 142 valence electrons. The van der Waals surface area contributed by atoms with Gasteiger partial charge in [-0.1, -0.05) is 6.92 Å². The molecule has 1 aromatic carbocycles. The lowest BCUT2D eigenvalue weighted by molar-refractivity contribution is -0.141. The molecule has 4 atom stereocenters. The van der Waals surface area contributed by atoms with Crippen molar-refractivity contribution in [2.24, 2.45) is 17.6 Å². The highest BCUT2D eigenvalue weighted by molar-refractivity contribution is 6.01. The van der Waals surface area contributed by atoms with Gasteiger partial charge in [0.15, 0.2) is 5.67 Å². The van der Waals surface area contributed by atoms with Gasteiger partial charge in [0.25, 0.3) is 11.8 Å². The molecule has 3 N–H and O–H groups in total. The van der Waals surface area contributed by atoms with Crippen LogP contribution >= 0.6 is 0 Å². The van der Waals surface area contributed by atoms with Gasteiger partial charge in [-0.15, -0.1) is 0 Å². The zero-order chi connectivity index (χ0) is 19.3. The third kappa shape index (κ3) is 2.58. The molecule has 1 saturated heterocycles. The minimum absolute atomic E-state index is 0.110. The quantitative estimate of drug-likeness (QED) is 0.828. The van der Waals surface area contributed by atoms with Gasteiger partial charge in [-0.3, -0.25) is 9.59 Å². The Morgan fingerprint density at radius 3 is 2.93 bits per heavy atom. The van der Waals surface area contributed by atoms with Crippen LogP contribution in [-0.4, -0.2) is 42.2 Å². The van der Waals surface area contributed by atoms with E-state index in [1.165, 1.54) is 7.11 Å². The summed E-state index contributed by atoms with van der Waals surface area (Å²) in [5.41, 5.74) is 3.87. The molecule has 7 nitrogen and oxygen atoms in total. The molecular formula is C19H20FN3O4. The highest BCUT2D eigenvalue weighted by Gasteiger charge is 2.65. The van der Waals surface area contributed by atoms with Crippen LogP contribution < -0.4 is 20.5 Å². The summed E-state index contributed by atoms with van der Waals surface area (Å²) in [7, 11) is 1.44. The molecule has 1 aliphatic carbocycles. The Hall–Kier alpha value is -2.90. The second kappa shape index (κ2) is 6.07. The Kier molecular flexibility index (Phi) is 3.94. The fourth-order valence-electron chi connectivity index (χ4n) is 4.32. The van der Waals surface area contributed by atoms with Crippen molar-refractivity contribution < 1.29 is 23.5 Å². The van der Waals surface area contributed by atoms with Crippen LogP contribution in [0.2, 0.25) is 0 Å². The molecule has 2 aliphatic rings. The molecule has 2 heterocycles. The number of amides is 2. The van der Waals surface area contributed by atoms with Crippen LogP contribution in [0.25, 0.3) is 10.8 Å². The number of aromatic nitrogens is 1. The summed E-state index contributed by atoms with van der Waals surface area (Å²) in [4.78, 5) is 27.7. The van der Waals surface area contributed by atoms with Gasteiger partial charge >= 0.3 is 0 Å². The van der Waals surface area contributed by atoms with E-state index in [9.17, 15) is 14.0 Å². The van der Waals surface area contributed by atoms with Crippen molar-refractivity contribution in [2.75, 3.05) is 13.7 Å². The number of benzene rings is 1. The summed E-state index contributed by atoms with van der Waals surface area (Å²) in [5, 5.41) is 4.05. The maximum Gasteiger partial charge on any atom is 0.258 e. The fourth-order valence-corrected chi connectivity index (χ4v) is 4.32. The first-order valence-corrected chi connectivity index (χ1v) is 8.74. The first kappa shape index (κ1) is 17.5. The van der Waals surface area contributed by atoms with Crippen LogP contribution in [0, 0.1) is 11.8 Å². The van der Waals surface area contributed by atoms with E-state index in [0.717, 1.165) is 0 Å². The topological polar surface area (TPSA) is 104 Å². The van der Waals surface area contributed by atoms with Gasteiger partial charge in [-0.05, 0) is 35.9 Å². The van der Waals surface area contributed by atoms with E-state index in [2.05, 4.69) is 10.3 Å². The molecule has 2 fully saturated rings. The van der Waals surface area contributed by atoms with Crippen molar-refractivity contribution in [3.63, 3.8) is 0 Å². The number of nitrogens with one attached hydrogen (secondary N) is 1. The van der Waals surface area contributed by atoms with Crippen molar-refractivity contribution in [3.05, 3.63) is 30.0 Å². The maximum atomic E-state index is 14.6. The summed E-state index contributed by atoms with van der Waals surface area (Å²) in [6.45, 7) is 2.04. The van der Waals surface area contributed by atoms with Crippen LogP contribution in [-0.2, 0) is 4.79 Å². The number of hydrogen-bond acceptors (Lipinski definition) is 5. The monoisotopic (exact) mass is 373 g/mol. The number of carbonyl (C=O) groups excluding carboxylic acids is 2. The van der Waals surface area contributed by atoms with E-state index in [1.807, 2.05) is 6.92 Å². The number of nitrogens with two attached hydrogens (primary N) is 1. The highest BCUT2D eigenvalue weighted by atomic mass is 19.1. The summed E-state index contributed by atoms with van der Waals surface area (Å²) in [6.07, 6.45) is 1.80. The van der Waals surface area contributed by atoms with Gasteiger partial charge in [0, 0.05) is 17.5 Å². The molecular weight excluding hydrogens is 353 g/mol. The largest absolute Gasteiger partial charge is 0.496 e. The van der Waals surface area contributed by atoms with E-state index in [0.29, 0.717) is 22.4 Å². The number of rotatable bonds is 5. The number of ether oxygens (including phenoxy) is 2. The molecule has 1 aliphatic heterocycles. The zero-order valence-electron chi connectivity index (χ0n) is 15.0.